The Labute approximate surface area is 159 Å². The largest absolute Gasteiger partial charge is 0.503 e. The van der Waals surface area contributed by atoms with Crippen molar-refractivity contribution in [3.8, 4) is 11.5 Å². The third-order valence-electron chi connectivity index (χ3n) is 3.05. The Morgan fingerprint density at radius 3 is 2.88 bits per heavy atom. The summed E-state index contributed by atoms with van der Waals surface area (Å²) in [6.45, 7) is 1.55. The number of thioether (sulfide) groups is 1. The highest BCUT2D eigenvalue weighted by atomic mass is 79.9. The first-order chi connectivity index (χ1) is 12.3. The lowest BCUT2D eigenvalue weighted by atomic mass is 10.2. The number of phenolic OH excluding ortho intramolecular Hbond substituents is 1. The number of hydrazone groups is 1. The third kappa shape index (κ3) is 4.73. The molecule has 0 saturated carbocycles. The molecule has 0 bridgehead atoms. The zero-order valence-corrected chi connectivity index (χ0v) is 16.0. The van der Waals surface area contributed by atoms with Crippen molar-refractivity contribution >= 4 is 39.8 Å². The van der Waals surface area contributed by atoms with Crippen molar-refractivity contribution in [3.63, 3.8) is 0 Å². The second kappa shape index (κ2) is 8.67. The number of nitrogens with one attached hydrogen (secondary N) is 3. The molecule has 2 rings (SSSR count). The van der Waals surface area contributed by atoms with Gasteiger partial charge in [-0.3, -0.25) is 14.6 Å². The number of benzene rings is 1. The summed E-state index contributed by atoms with van der Waals surface area (Å²) in [7, 11) is 1.43. The highest BCUT2D eigenvalue weighted by Crippen LogP contribution is 2.35. The van der Waals surface area contributed by atoms with E-state index in [1.807, 2.05) is 4.98 Å². The van der Waals surface area contributed by atoms with Crippen molar-refractivity contribution in [1.29, 1.82) is 0 Å². The Kier molecular flexibility index (Phi) is 6.58. The quantitative estimate of drug-likeness (QED) is 0.289. The minimum Gasteiger partial charge on any atom is -0.503 e. The number of amides is 1. The SMILES string of the molecule is COc1ccc(/C=N/NC(=O)C(C)Sc2n[nH]c(=O)[nH]c2=O)c(Br)c1O. The molecule has 1 unspecified atom stereocenters. The number of carbonyl (C=O) groups is 1. The molecule has 138 valence electrons. The van der Waals surface area contributed by atoms with Gasteiger partial charge in [-0.15, -0.1) is 0 Å². The molecule has 0 aliphatic rings. The van der Waals surface area contributed by atoms with Gasteiger partial charge in [-0.2, -0.15) is 10.2 Å². The highest BCUT2D eigenvalue weighted by molar-refractivity contribution is 9.10. The van der Waals surface area contributed by atoms with Crippen molar-refractivity contribution in [1.82, 2.24) is 20.6 Å². The maximum Gasteiger partial charge on any atom is 0.342 e. The standard InChI is InChI=1S/C14H14BrN5O5S/c1-6(26-13-12(23)17-14(24)20-19-13)11(22)18-16-5-7-3-4-8(25-2)10(21)9(7)15/h3-6,21H,1-2H3,(H,18,22)(H2,17,20,23,24)/b16-5+. The molecule has 10 nitrogen and oxygen atoms in total. The summed E-state index contributed by atoms with van der Waals surface area (Å²) in [6.07, 6.45) is 1.34. The van der Waals surface area contributed by atoms with Crippen molar-refractivity contribution in [2.45, 2.75) is 17.2 Å². The predicted molar refractivity (Wildman–Crippen MR) is 98.9 cm³/mol. The second-order valence-electron chi connectivity index (χ2n) is 4.83. The molecule has 0 fully saturated rings. The van der Waals surface area contributed by atoms with Crippen LogP contribution in [0.5, 0.6) is 11.5 Å². The number of nitrogens with zero attached hydrogens (tertiary/aromatic N) is 2. The number of halogens is 1. The second-order valence-corrected chi connectivity index (χ2v) is 6.95. The van der Waals surface area contributed by atoms with Gasteiger partial charge in [0.2, 0.25) is 0 Å². The molecule has 0 aliphatic carbocycles. The summed E-state index contributed by atoms with van der Waals surface area (Å²) < 4.78 is 5.34. The van der Waals surface area contributed by atoms with E-state index in [0.717, 1.165) is 11.8 Å². The summed E-state index contributed by atoms with van der Waals surface area (Å²) >= 11 is 4.08. The first kappa shape index (κ1) is 19.7. The van der Waals surface area contributed by atoms with Gasteiger partial charge in [0.25, 0.3) is 11.5 Å². The van der Waals surface area contributed by atoms with E-state index in [0.29, 0.717) is 15.8 Å². The fourth-order valence-electron chi connectivity index (χ4n) is 1.72. The average Bonchev–Trinajstić information content (AvgIpc) is 2.61. The van der Waals surface area contributed by atoms with Gasteiger partial charge in [0.15, 0.2) is 16.5 Å². The Bertz CT molecular complexity index is 957. The fraction of sp³-hybridized carbons (Fsp3) is 0.214. The number of H-pyrrole nitrogens is 2. The molecule has 1 aromatic carbocycles. The third-order valence-corrected chi connectivity index (χ3v) is 4.95. The van der Waals surface area contributed by atoms with E-state index in [2.05, 4.69) is 36.7 Å². The van der Waals surface area contributed by atoms with Crippen LogP contribution in [0.1, 0.15) is 12.5 Å². The van der Waals surface area contributed by atoms with Crippen LogP contribution in [0.25, 0.3) is 0 Å². The van der Waals surface area contributed by atoms with Gasteiger partial charge in [-0.25, -0.2) is 15.3 Å². The number of rotatable bonds is 6. The predicted octanol–water partition coefficient (Wildman–Crippen LogP) is 0.566. The minimum atomic E-state index is -0.727. The summed E-state index contributed by atoms with van der Waals surface area (Å²) in [5, 5.41) is 18.6. The molecule has 2 aromatic rings. The van der Waals surface area contributed by atoms with Gasteiger partial charge in [0.1, 0.15) is 0 Å². The average molecular weight is 444 g/mol. The van der Waals surface area contributed by atoms with E-state index in [4.69, 9.17) is 4.74 Å². The van der Waals surface area contributed by atoms with Crippen molar-refractivity contribution in [2.75, 3.05) is 7.11 Å². The number of hydrogen-bond acceptors (Lipinski definition) is 8. The molecule has 0 aliphatic heterocycles. The van der Waals surface area contributed by atoms with E-state index in [-0.39, 0.29) is 10.8 Å². The number of methoxy groups -OCH3 is 1. The monoisotopic (exact) mass is 443 g/mol. The van der Waals surface area contributed by atoms with Crippen LogP contribution in [0.3, 0.4) is 0 Å². The van der Waals surface area contributed by atoms with Crippen LogP contribution >= 0.6 is 27.7 Å². The summed E-state index contributed by atoms with van der Waals surface area (Å²) in [5.74, 6) is -0.274. The summed E-state index contributed by atoms with van der Waals surface area (Å²) in [5.41, 5.74) is 1.43. The summed E-state index contributed by atoms with van der Waals surface area (Å²) in [6, 6.07) is 3.19. The van der Waals surface area contributed by atoms with E-state index in [1.165, 1.54) is 13.3 Å². The van der Waals surface area contributed by atoms with E-state index >= 15 is 0 Å². The molecule has 12 heteroatoms. The van der Waals surface area contributed by atoms with Gasteiger partial charge in [0, 0.05) is 5.56 Å². The van der Waals surface area contributed by atoms with Crippen LogP contribution in [-0.4, -0.2) is 44.8 Å². The molecule has 26 heavy (non-hydrogen) atoms. The first-order valence-corrected chi connectivity index (χ1v) is 8.74. The zero-order valence-electron chi connectivity index (χ0n) is 13.6. The fourth-order valence-corrected chi connectivity index (χ4v) is 2.90. The Morgan fingerprint density at radius 1 is 1.50 bits per heavy atom. The molecule has 1 aromatic heterocycles. The molecule has 4 N–H and O–H groups in total. The van der Waals surface area contributed by atoms with Crippen molar-refractivity contribution in [2.24, 2.45) is 5.10 Å². The van der Waals surface area contributed by atoms with Crippen LogP contribution in [0.2, 0.25) is 0 Å². The Balaban J connectivity index is 2.01. The van der Waals surface area contributed by atoms with E-state index < -0.39 is 22.4 Å². The minimum absolute atomic E-state index is 0.0425. The normalized spacial score (nSPS) is 12.1. The molecule has 1 amide bonds. The summed E-state index contributed by atoms with van der Waals surface area (Å²) in [4.78, 5) is 36.5. The lowest BCUT2D eigenvalue weighted by Crippen LogP contribution is -2.30. The first-order valence-electron chi connectivity index (χ1n) is 7.07. The lowest BCUT2D eigenvalue weighted by molar-refractivity contribution is -0.120. The van der Waals surface area contributed by atoms with E-state index in [9.17, 15) is 19.5 Å². The number of hydrogen-bond donors (Lipinski definition) is 4. The maximum absolute atomic E-state index is 12.0. The molecular weight excluding hydrogens is 430 g/mol. The van der Waals surface area contributed by atoms with E-state index in [1.54, 1.807) is 19.1 Å². The zero-order chi connectivity index (χ0) is 19.3. The van der Waals surface area contributed by atoms with Gasteiger partial charge >= 0.3 is 5.69 Å². The van der Waals surface area contributed by atoms with Crippen LogP contribution in [-0.2, 0) is 4.79 Å². The number of ether oxygens (including phenoxy) is 1. The lowest BCUT2D eigenvalue weighted by Gasteiger charge is -2.08. The van der Waals surface area contributed by atoms with Crippen LogP contribution in [0.4, 0.5) is 0 Å². The van der Waals surface area contributed by atoms with Gasteiger partial charge in [-0.05, 0) is 35.0 Å². The van der Waals surface area contributed by atoms with Crippen molar-refractivity contribution < 1.29 is 14.6 Å². The topological polar surface area (TPSA) is 150 Å². The van der Waals surface area contributed by atoms with Crippen LogP contribution in [0, 0.1) is 0 Å². The van der Waals surface area contributed by atoms with Crippen molar-refractivity contribution in [3.05, 3.63) is 43.0 Å². The maximum atomic E-state index is 12.0. The van der Waals surface area contributed by atoms with Gasteiger partial charge in [-0.1, -0.05) is 11.8 Å². The van der Waals surface area contributed by atoms with Gasteiger partial charge < -0.3 is 9.84 Å². The van der Waals surface area contributed by atoms with Crippen LogP contribution in [0.15, 0.2) is 36.3 Å². The number of carbonyl (C=O) groups excluding carboxylic acids is 1. The van der Waals surface area contributed by atoms with Gasteiger partial charge in [0.05, 0.1) is 23.0 Å². The Hall–Kier alpha value is -2.60. The Morgan fingerprint density at radius 2 is 2.23 bits per heavy atom. The molecule has 1 atom stereocenters. The van der Waals surface area contributed by atoms with Crippen LogP contribution < -0.4 is 21.4 Å². The number of aromatic amines is 2. The molecule has 0 spiro atoms. The molecular formula is C14H14BrN5O5S. The number of phenols is 1. The molecule has 1 heterocycles. The molecule has 0 radical (unpaired) electrons. The smallest absolute Gasteiger partial charge is 0.342 e. The highest BCUT2D eigenvalue weighted by Gasteiger charge is 2.17. The number of aromatic nitrogens is 3. The number of aromatic hydroxyl groups is 1. The molecule has 0 saturated heterocycles.